The first-order valence-electron chi connectivity index (χ1n) is 9.32. The summed E-state index contributed by atoms with van der Waals surface area (Å²) in [6, 6.07) is 4.55. The van der Waals surface area contributed by atoms with E-state index in [1.54, 1.807) is 24.2 Å². The van der Waals surface area contributed by atoms with Crippen LogP contribution in [0.25, 0.3) is 0 Å². The fourth-order valence-electron chi connectivity index (χ4n) is 4.28. The van der Waals surface area contributed by atoms with Gasteiger partial charge in [-0.05, 0) is 49.7 Å². The lowest BCUT2D eigenvalue weighted by atomic mass is 9.83. The molecule has 0 spiro atoms. The van der Waals surface area contributed by atoms with Gasteiger partial charge in [0.15, 0.2) is 0 Å². The number of carbonyl (C=O) groups excluding carboxylic acids is 1. The molecule has 3 aliphatic heterocycles. The zero-order chi connectivity index (χ0) is 16.4. The Morgan fingerprint density at radius 1 is 1.12 bits per heavy atom. The highest BCUT2D eigenvalue weighted by atomic mass is 32.2. The van der Waals surface area contributed by atoms with E-state index >= 15 is 0 Å². The number of amides is 1. The molecule has 0 aromatic carbocycles. The van der Waals surface area contributed by atoms with Gasteiger partial charge in [0.1, 0.15) is 0 Å². The Morgan fingerprint density at radius 2 is 1.96 bits per heavy atom. The third kappa shape index (κ3) is 3.77. The number of nitrogens with zero attached hydrogens (tertiary/aromatic N) is 3. The molecule has 1 aromatic rings. The minimum absolute atomic E-state index is 0.305. The molecule has 1 aromatic heterocycles. The van der Waals surface area contributed by atoms with E-state index in [9.17, 15) is 4.79 Å². The maximum Gasteiger partial charge on any atom is 0.232 e. The van der Waals surface area contributed by atoms with Crippen molar-refractivity contribution in [2.24, 2.45) is 11.8 Å². The maximum atomic E-state index is 12.7. The van der Waals surface area contributed by atoms with Gasteiger partial charge in [-0.3, -0.25) is 14.7 Å². The molecule has 0 radical (unpaired) electrons. The van der Waals surface area contributed by atoms with Crippen molar-refractivity contribution < 1.29 is 4.79 Å². The number of carbonyl (C=O) groups is 1. The molecule has 0 unspecified atom stereocenters. The predicted octanol–water partition coefficient (Wildman–Crippen LogP) is 2.90. The van der Waals surface area contributed by atoms with Crippen molar-refractivity contribution in [3.63, 3.8) is 0 Å². The third-order valence-electron chi connectivity index (χ3n) is 5.91. The summed E-state index contributed by atoms with van der Waals surface area (Å²) in [7, 11) is 0. The van der Waals surface area contributed by atoms with Gasteiger partial charge in [0.2, 0.25) is 5.91 Å². The second-order valence-corrected chi connectivity index (χ2v) is 8.67. The van der Waals surface area contributed by atoms with Crippen LogP contribution in [0.2, 0.25) is 0 Å². The average Bonchev–Trinajstić information content (AvgIpc) is 2.89. The minimum Gasteiger partial charge on any atom is -0.340 e. The minimum atomic E-state index is 0.305. The smallest absolute Gasteiger partial charge is 0.232 e. The van der Waals surface area contributed by atoms with E-state index in [4.69, 9.17) is 0 Å². The van der Waals surface area contributed by atoms with E-state index in [0.29, 0.717) is 23.6 Å². The van der Waals surface area contributed by atoms with E-state index in [1.807, 2.05) is 12.1 Å². The predicted molar refractivity (Wildman–Crippen MR) is 97.0 cm³/mol. The topological polar surface area (TPSA) is 36.4 Å². The lowest BCUT2D eigenvalue weighted by molar-refractivity contribution is -0.128. The summed E-state index contributed by atoms with van der Waals surface area (Å²) < 4.78 is 0. The molecular weight excluding hydrogens is 318 g/mol. The first kappa shape index (κ1) is 16.4. The molecule has 5 rings (SSSR count). The molecule has 2 atom stereocenters. The quantitative estimate of drug-likeness (QED) is 0.769. The van der Waals surface area contributed by atoms with Crippen LogP contribution in [0.15, 0.2) is 29.4 Å². The molecule has 4 heterocycles. The molecule has 1 aliphatic carbocycles. The van der Waals surface area contributed by atoms with Gasteiger partial charge in [-0.15, -0.1) is 11.8 Å². The van der Waals surface area contributed by atoms with Crippen molar-refractivity contribution in [1.29, 1.82) is 0 Å². The fraction of sp³-hybridized carbons (Fsp3) is 0.684. The standard InChI is InChI=1S/C19H27N3OS/c23-19(14-24-18-6-8-20-9-7-18)22-12-16-4-5-17(13-22)21(11-16)10-15-2-1-3-15/h6-9,15-17H,1-5,10-14H2/t16-,17-/m1/s1. The number of aromatic nitrogens is 1. The van der Waals surface area contributed by atoms with Crippen LogP contribution in [0, 0.1) is 11.8 Å². The Bertz CT molecular complexity index is 563. The van der Waals surface area contributed by atoms with Gasteiger partial charge in [0.05, 0.1) is 5.75 Å². The highest BCUT2D eigenvalue weighted by Crippen LogP contribution is 2.33. The molecule has 5 heteroatoms. The van der Waals surface area contributed by atoms with Gasteiger partial charge in [-0.1, -0.05) is 6.42 Å². The molecule has 130 valence electrons. The summed E-state index contributed by atoms with van der Waals surface area (Å²) in [6.07, 6.45) is 10.4. The van der Waals surface area contributed by atoms with Crippen LogP contribution in [0.3, 0.4) is 0 Å². The van der Waals surface area contributed by atoms with Crippen LogP contribution in [-0.2, 0) is 4.79 Å². The summed E-state index contributed by atoms with van der Waals surface area (Å²) in [4.78, 5) is 22.7. The van der Waals surface area contributed by atoms with E-state index in [2.05, 4.69) is 14.8 Å². The normalized spacial score (nSPS) is 27.8. The monoisotopic (exact) mass is 345 g/mol. The largest absolute Gasteiger partial charge is 0.340 e. The van der Waals surface area contributed by atoms with Crippen molar-refractivity contribution in [3.05, 3.63) is 24.5 Å². The van der Waals surface area contributed by atoms with Gasteiger partial charge in [0.25, 0.3) is 0 Å². The Hall–Kier alpha value is -1.07. The van der Waals surface area contributed by atoms with Crippen molar-refractivity contribution in [2.45, 2.75) is 43.0 Å². The van der Waals surface area contributed by atoms with Crippen LogP contribution >= 0.6 is 11.8 Å². The van der Waals surface area contributed by atoms with Crippen LogP contribution in [0.5, 0.6) is 0 Å². The summed E-state index contributed by atoms with van der Waals surface area (Å²) in [5.74, 6) is 2.46. The zero-order valence-electron chi connectivity index (χ0n) is 14.3. The Labute approximate surface area is 149 Å². The molecular formula is C19H27N3OS. The number of fused-ring (bicyclic) bond motifs is 4. The van der Waals surface area contributed by atoms with Crippen LogP contribution < -0.4 is 0 Å². The first-order valence-corrected chi connectivity index (χ1v) is 10.3. The number of rotatable bonds is 5. The van der Waals surface area contributed by atoms with Crippen molar-refractivity contribution in [1.82, 2.24) is 14.8 Å². The van der Waals surface area contributed by atoms with Gasteiger partial charge in [-0.2, -0.15) is 0 Å². The number of hydrogen-bond donors (Lipinski definition) is 0. The molecule has 4 fully saturated rings. The molecule has 2 bridgehead atoms. The Kier molecular flexibility index (Phi) is 5.09. The summed E-state index contributed by atoms with van der Waals surface area (Å²) in [6.45, 7) is 4.39. The second kappa shape index (κ2) is 7.44. The third-order valence-corrected chi connectivity index (χ3v) is 6.91. The highest BCUT2D eigenvalue weighted by Gasteiger charge is 2.37. The molecule has 4 aliphatic rings. The summed E-state index contributed by atoms with van der Waals surface area (Å²) in [5, 5.41) is 0. The van der Waals surface area contributed by atoms with Gasteiger partial charge >= 0.3 is 0 Å². The number of piperidine rings is 1. The highest BCUT2D eigenvalue weighted by molar-refractivity contribution is 8.00. The molecule has 1 saturated carbocycles. The van der Waals surface area contributed by atoms with E-state index in [1.165, 1.54) is 45.2 Å². The number of pyridine rings is 1. The lowest BCUT2D eigenvalue weighted by Crippen LogP contribution is -2.47. The summed E-state index contributed by atoms with van der Waals surface area (Å²) in [5.41, 5.74) is 0. The number of thioether (sulfide) groups is 1. The molecule has 4 nitrogen and oxygen atoms in total. The van der Waals surface area contributed by atoms with E-state index in [0.717, 1.165) is 23.9 Å². The zero-order valence-corrected chi connectivity index (χ0v) is 15.1. The van der Waals surface area contributed by atoms with Crippen LogP contribution in [-0.4, -0.2) is 58.7 Å². The second-order valence-electron chi connectivity index (χ2n) is 7.62. The first-order chi connectivity index (χ1) is 11.8. The van der Waals surface area contributed by atoms with Crippen molar-refractivity contribution in [2.75, 3.05) is 31.9 Å². The molecule has 0 N–H and O–H groups in total. The molecule has 3 saturated heterocycles. The number of hydrogen-bond acceptors (Lipinski definition) is 4. The molecule has 1 amide bonds. The van der Waals surface area contributed by atoms with Gasteiger partial charge < -0.3 is 4.90 Å². The van der Waals surface area contributed by atoms with Gasteiger partial charge in [0, 0.05) is 49.5 Å². The Balaban J connectivity index is 1.33. The summed E-state index contributed by atoms with van der Waals surface area (Å²) >= 11 is 1.63. The average molecular weight is 346 g/mol. The maximum absolute atomic E-state index is 12.7. The van der Waals surface area contributed by atoms with Crippen molar-refractivity contribution >= 4 is 17.7 Å². The molecule has 24 heavy (non-hydrogen) atoms. The van der Waals surface area contributed by atoms with E-state index in [-0.39, 0.29) is 0 Å². The van der Waals surface area contributed by atoms with Gasteiger partial charge in [-0.25, -0.2) is 0 Å². The van der Waals surface area contributed by atoms with Crippen LogP contribution in [0.1, 0.15) is 32.1 Å². The van der Waals surface area contributed by atoms with Crippen molar-refractivity contribution in [3.8, 4) is 0 Å². The van der Waals surface area contributed by atoms with Crippen LogP contribution in [0.4, 0.5) is 0 Å². The van der Waals surface area contributed by atoms with E-state index < -0.39 is 0 Å². The SMILES string of the molecule is O=C(CSc1ccncc1)N1C[C@@H]2CC[C@H](C1)N(CC1CCC1)C2. The lowest BCUT2D eigenvalue weighted by Gasteiger charge is -2.40. The fourth-order valence-corrected chi connectivity index (χ4v) is 5.07. The Morgan fingerprint density at radius 3 is 2.71 bits per heavy atom.